The minimum Gasteiger partial charge on any atom is -0.382 e. The van der Waals surface area contributed by atoms with E-state index in [0.29, 0.717) is 33.0 Å². The summed E-state index contributed by atoms with van der Waals surface area (Å²) in [6, 6.07) is 2.12. The molecular weight excluding hydrogens is 232 g/mol. The highest BCUT2D eigenvalue weighted by Gasteiger charge is 2.01. The van der Waals surface area contributed by atoms with Crippen molar-refractivity contribution in [3.63, 3.8) is 0 Å². The van der Waals surface area contributed by atoms with Crippen molar-refractivity contribution in [1.29, 1.82) is 0 Å². The predicted octanol–water partition coefficient (Wildman–Crippen LogP) is 1.19. The van der Waals surface area contributed by atoms with Crippen molar-refractivity contribution in [2.45, 2.75) is 19.5 Å². The first-order chi connectivity index (χ1) is 8.74. The van der Waals surface area contributed by atoms with E-state index in [1.165, 1.54) is 0 Å². The van der Waals surface area contributed by atoms with Crippen molar-refractivity contribution in [1.82, 2.24) is 4.57 Å². The molecule has 1 aromatic heterocycles. The molecule has 0 bridgehead atoms. The number of hydrogen-bond donors (Lipinski definition) is 1. The summed E-state index contributed by atoms with van der Waals surface area (Å²) in [5.41, 5.74) is 6.94. The van der Waals surface area contributed by atoms with Gasteiger partial charge in [0.2, 0.25) is 0 Å². The largest absolute Gasteiger partial charge is 0.382 e. The number of hydrogen-bond acceptors (Lipinski definition) is 4. The second kappa shape index (κ2) is 9.10. The van der Waals surface area contributed by atoms with Gasteiger partial charge in [-0.25, -0.2) is 0 Å². The molecule has 0 aliphatic heterocycles. The van der Waals surface area contributed by atoms with Crippen molar-refractivity contribution in [2.75, 3.05) is 40.1 Å². The third kappa shape index (κ3) is 6.16. The van der Waals surface area contributed by atoms with Crippen LogP contribution in [0.1, 0.15) is 18.5 Å². The van der Waals surface area contributed by atoms with E-state index in [1.807, 2.05) is 19.2 Å². The first kappa shape index (κ1) is 15.2. The van der Waals surface area contributed by atoms with E-state index in [1.54, 1.807) is 7.11 Å². The lowest BCUT2D eigenvalue weighted by atomic mass is 10.2. The maximum atomic E-state index is 5.79. The fourth-order valence-corrected chi connectivity index (χ4v) is 1.50. The predicted molar refractivity (Wildman–Crippen MR) is 70.5 cm³/mol. The Balaban J connectivity index is 2.00. The van der Waals surface area contributed by atoms with Crippen LogP contribution in [0.2, 0.25) is 0 Å². The van der Waals surface area contributed by atoms with Crippen molar-refractivity contribution in [3.8, 4) is 0 Å². The average molecular weight is 256 g/mol. The molecule has 0 fully saturated rings. The van der Waals surface area contributed by atoms with Crippen LogP contribution in [0.4, 0.5) is 0 Å². The lowest BCUT2D eigenvalue weighted by molar-refractivity contribution is 0.0230. The van der Waals surface area contributed by atoms with Gasteiger partial charge in [0.15, 0.2) is 0 Å². The molecular formula is C13H24N2O3. The molecule has 0 aromatic carbocycles. The second-order valence-electron chi connectivity index (χ2n) is 4.19. The van der Waals surface area contributed by atoms with Crippen LogP contribution in [0.15, 0.2) is 18.5 Å². The zero-order chi connectivity index (χ0) is 13.2. The zero-order valence-electron chi connectivity index (χ0n) is 11.3. The maximum Gasteiger partial charge on any atom is 0.0701 e. The molecule has 0 saturated heterocycles. The molecule has 0 amide bonds. The number of aromatic nitrogens is 1. The Bertz CT molecular complexity index is 313. The molecule has 104 valence electrons. The number of methoxy groups -OCH3 is 1. The zero-order valence-corrected chi connectivity index (χ0v) is 11.3. The SMILES string of the molecule is COCCOCCOCCn1ccc(C(C)N)c1. The first-order valence-corrected chi connectivity index (χ1v) is 6.29. The normalized spacial score (nSPS) is 12.8. The molecule has 1 unspecified atom stereocenters. The summed E-state index contributed by atoms with van der Waals surface area (Å²) in [7, 11) is 1.66. The van der Waals surface area contributed by atoms with Crippen LogP contribution >= 0.6 is 0 Å². The fraction of sp³-hybridized carbons (Fsp3) is 0.692. The van der Waals surface area contributed by atoms with Gasteiger partial charge in [-0.2, -0.15) is 0 Å². The minimum atomic E-state index is 0.0846. The Morgan fingerprint density at radius 3 is 2.44 bits per heavy atom. The summed E-state index contributed by atoms with van der Waals surface area (Å²) in [6.45, 7) is 5.98. The Labute approximate surface area is 109 Å². The quantitative estimate of drug-likeness (QED) is 0.639. The number of ether oxygens (including phenoxy) is 3. The highest BCUT2D eigenvalue weighted by atomic mass is 16.5. The van der Waals surface area contributed by atoms with E-state index in [0.717, 1.165) is 12.1 Å². The number of nitrogens with two attached hydrogens (primary N) is 1. The Morgan fingerprint density at radius 2 is 1.83 bits per heavy atom. The smallest absolute Gasteiger partial charge is 0.0701 e. The summed E-state index contributed by atoms with van der Waals surface area (Å²) in [5, 5.41) is 0. The van der Waals surface area contributed by atoms with Crippen LogP contribution in [0.25, 0.3) is 0 Å². The summed E-state index contributed by atoms with van der Waals surface area (Å²) in [5.74, 6) is 0. The molecule has 0 spiro atoms. The average Bonchev–Trinajstić information content (AvgIpc) is 2.81. The molecule has 0 aliphatic rings. The lowest BCUT2D eigenvalue weighted by Crippen LogP contribution is -2.11. The van der Waals surface area contributed by atoms with Gasteiger partial charge in [0.05, 0.1) is 33.0 Å². The van der Waals surface area contributed by atoms with Gasteiger partial charge in [0.25, 0.3) is 0 Å². The summed E-state index contributed by atoms with van der Waals surface area (Å²) in [4.78, 5) is 0. The van der Waals surface area contributed by atoms with Crippen LogP contribution in [-0.2, 0) is 20.8 Å². The summed E-state index contributed by atoms with van der Waals surface area (Å²) >= 11 is 0. The van der Waals surface area contributed by atoms with Crippen molar-refractivity contribution < 1.29 is 14.2 Å². The third-order valence-electron chi connectivity index (χ3n) is 2.60. The molecule has 5 nitrogen and oxygen atoms in total. The summed E-state index contributed by atoms with van der Waals surface area (Å²) < 4.78 is 17.7. The van der Waals surface area contributed by atoms with Gasteiger partial charge < -0.3 is 24.5 Å². The fourth-order valence-electron chi connectivity index (χ4n) is 1.50. The molecule has 0 aliphatic carbocycles. The standard InChI is InChI=1S/C13H24N2O3/c1-12(14)13-3-4-15(11-13)5-6-17-9-10-18-8-7-16-2/h3-4,11-12H,5-10,14H2,1-2H3. The van der Waals surface area contributed by atoms with Crippen LogP contribution in [0, 0.1) is 0 Å². The minimum absolute atomic E-state index is 0.0846. The van der Waals surface area contributed by atoms with E-state index < -0.39 is 0 Å². The van der Waals surface area contributed by atoms with E-state index in [2.05, 4.69) is 10.8 Å². The van der Waals surface area contributed by atoms with E-state index in [4.69, 9.17) is 19.9 Å². The van der Waals surface area contributed by atoms with Gasteiger partial charge >= 0.3 is 0 Å². The molecule has 1 rings (SSSR count). The molecule has 2 N–H and O–H groups in total. The van der Waals surface area contributed by atoms with E-state index >= 15 is 0 Å². The van der Waals surface area contributed by atoms with E-state index in [-0.39, 0.29) is 6.04 Å². The highest BCUT2D eigenvalue weighted by molar-refractivity contribution is 5.13. The number of nitrogens with zero attached hydrogens (tertiary/aromatic N) is 1. The topological polar surface area (TPSA) is 58.6 Å². The van der Waals surface area contributed by atoms with Gasteiger partial charge in [-0.15, -0.1) is 0 Å². The Hall–Kier alpha value is -0.880. The molecule has 0 radical (unpaired) electrons. The molecule has 1 heterocycles. The highest BCUT2D eigenvalue weighted by Crippen LogP contribution is 2.09. The monoisotopic (exact) mass is 256 g/mol. The van der Waals surface area contributed by atoms with Crippen molar-refractivity contribution in [3.05, 3.63) is 24.0 Å². The Morgan fingerprint density at radius 1 is 1.17 bits per heavy atom. The molecule has 18 heavy (non-hydrogen) atoms. The van der Waals surface area contributed by atoms with Gasteiger partial charge in [-0.3, -0.25) is 0 Å². The third-order valence-corrected chi connectivity index (χ3v) is 2.60. The molecule has 1 aromatic rings. The molecule has 0 saturated carbocycles. The van der Waals surface area contributed by atoms with Crippen LogP contribution < -0.4 is 5.73 Å². The van der Waals surface area contributed by atoms with Crippen LogP contribution in [0.5, 0.6) is 0 Å². The van der Waals surface area contributed by atoms with Gasteiger partial charge in [0.1, 0.15) is 0 Å². The van der Waals surface area contributed by atoms with E-state index in [9.17, 15) is 0 Å². The Kier molecular flexibility index (Phi) is 7.68. The second-order valence-corrected chi connectivity index (χ2v) is 4.19. The summed E-state index contributed by atoms with van der Waals surface area (Å²) in [6.07, 6.45) is 4.08. The maximum absolute atomic E-state index is 5.79. The van der Waals surface area contributed by atoms with Gasteiger partial charge in [0, 0.05) is 32.1 Å². The molecule has 1 atom stereocenters. The van der Waals surface area contributed by atoms with Gasteiger partial charge in [-0.1, -0.05) is 0 Å². The number of rotatable bonds is 10. The van der Waals surface area contributed by atoms with Crippen molar-refractivity contribution >= 4 is 0 Å². The van der Waals surface area contributed by atoms with Crippen LogP contribution in [-0.4, -0.2) is 44.7 Å². The van der Waals surface area contributed by atoms with Crippen LogP contribution in [0.3, 0.4) is 0 Å². The van der Waals surface area contributed by atoms with Gasteiger partial charge in [-0.05, 0) is 18.6 Å². The first-order valence-electron chi connectivity index (χ1n) is 6.29. The molecule has 5 heteroatoms. The van der Waals surface area contributed by atoms with Crippen molar-refractivity contribution in [2.24, 2.45) is 5.73 Å². The lowest BCUT2D eigenvalue weighted by Gasteiger charge is -2.06.